The average Bonchev–Trinajstić information content (AvgIpc) is 2.12. The molecule has 90 valence electrons. The maximum Gasteiger partial charge on any atom is 0.0366 e. The fourth-order valence-electron chi connectivity index (χ4n) is 2.25. The number of rotatable bonds is 2. The first-order valence-corrected chi connectivity index (χ1v) is 6.50. The maximum absolute atomic E-state index is 3.61. The second kappa shape index (κ2) is 4.89. The van der Waals surface area contributed by atoms with Crippen LogP contribution >= 0.6 is 15.9 Å². The Labute approximate surface area is 108 Å². The van der Waals surface area contributed by atoms with Crippen LogP contribution in [-0.2, 0) is 0 Å². The van der Waals surface area contributed by atoms with Crippen molar-refractivity contribution in [2.75, 3.05) is 7.05 Å². The molecule has 0 fully saturated rings. The van der Waals surface area contributed by atoms with Crippen molar-refractivity contribution in [3.8, 4) is 0 Å². The topological polar surface area (TPSA) is 12.0 Å². The van der Waals surface area contributed by atoms with Gasteiger partial charge in [-0.05, 0) is 43.0 Å². The number of benzene rings is 1. The van der Waals surface area contributed by atoms with Crippen LogP contribution in [0.4, 0.5) is 0 Å². The highest BCUT2D eigenvalue weighted by molar-refractivity contribution is 9.10. The molecule has 1 unspecified atom stereocenters. The van der Waals surface area contributed by atoms with Crippen molar-refractivity contribution in [2.24, 2.45) is 5.41 Å². The van der Waals surface area contributed by atoms with E-state index < -0.39 is 0 Å². The quantitative estimate of drug-likeness (QED) is 0.850. The van der Waals surface area contributed by atoms with Crippen LogP contribution in [0.25, 0.3) is 0 Å². The summed E-state index contributed by atoms with van der Waals surface area (Å²) in [4.78, 5) is 0. The van der Waals surface area contributed by atoms with Crippen molar-refractivity contribution in [1.82, 2.24) is 5.32 Å². The van der Waals surface area contributed by atoms with Crippen LogP contribution in [0.1, 0.15) is 43.5 Å². The Balaban J connectivity index is 3.22. The van der Waals surface area contributed by atoms with Crippen LogP contribution in [0.2, 0.25) is 0 Å². The van der Waals surface area contributed by atoms with Crippen LogP contribution in [0.3, 0.4) is 0 Å². The van der Waals surface area contributed by atoms with Crippen LogP contribution in [0.15, 0.2) is 16.6 Å². The lowest BCUT2D eigenvalue weighted by Gasteiger charge is -2.31. The first kappa shape index (κ1) is 13.7. The van der Waals surface area contributed by atoms with Crippen molar-refractivity contribution in [1.29, 1.82) is 0 Å². The molecule has 0 aliphatic carbocycles. The SMILES string of the molecule is CNC(c1cc(C)c(Br)c(C)c1)C(C)(C)C. The van der Waals surface area contributed by atoms with Gasteiger partial charge in [0.2, 0.25) is 0 Å². The van der Waals surface area contributed by atoms with Gasteiger partial charge in [0.05, 0.1) is 0 Å². The van der Waals surface area contributed by atoms with E-state index >= 15 is 0 Å². The molecule has 16 heavy (non-hydrogen) atoms. The highest BCUT2D eigenvalue weighted by Gasteiger charge is 2.25. The second-order valence-corrected chi connectivity index (χ2v) is 6.35. The lowest BCUT2D eigenvalue weighted by molar-refractivity contribution is 0.287. The van der Waals surface area contributed by atoms with Gasteiger partial charge in [0, 0.05) is 10.5 Å². The molecule has 0 saturated carbocycles. The average molecular weight is 284 g/mol. The summed E-state index contributed by atoms with van der Waals surface area (Å²) < 4.78 is 1.22. The van der Waals surface area contributed by atoms with Gasteiger partial charge >= 0.3 is 0 Å². The Bertz CT molecular complexity index is 354. The number of aryl methyl sites for hydroxylation is 2. The molecule has 0 bridgehead atoms. The van der Waals surface area contributed by atoms with Crippen molar-refractivity contribution >= 4 is 15.9 Å². The minimum atomic E-state index is 0.224. The van der Waals surface area contributed by atoms with Crippen LogP contribution in [-0.4, -0.2) is 7.05 Å². The van der Waals surface area contributed by atoms with E-state index in [9.17, 15) is 0 Å². The summed E-state index contributed by atoms with van der Waals surface area (Å²) in [5, 5.41) is 3.42. The predicted octanol–water partition coefficient (Wildman–Crippen LogP) is 4.37. The standard InChI is InChI=1S/C14H22BrN/c1-9-7-11(8-10(2)12(9)15)13(16-6)14(3,4)5/h7-8,13,16H,1-6H3. The molecule has 1 atom stereocenters. The third kappa shape index (κ3) is 2.86. The monoisotopic (exact) mass is 283 g/mol. The molecular weight excluding hydrogens is 262 g/mol. The summed E-state index contributed by atoms with van der Waals surface area (Å²) in [6.45, 7) is 11.1. The van der Waals surface area contributed by atoms with Gasteiger partial charge < -0.3 is 5.32 Å². The summed E-state index contributed by atoms with van der Waals surface area (Å²) in [5.74, 6) is 0. The molecule has 1 aromatic carbocycles. The van der Waals surface area contributed by atoms with Gasteiger partial charge in [-0.1, -0.05) is 48.8 Å². The van der Waals surface area contributed by atoms with Crippen LogP contribution in [0, 0.1) is 19.3 Å². The van der Waals surface area contributed by atoms with E-state index in [1.165, 1.54) is 21.2 Å². The van der Waals surface area contributed by atoms with Crippen molar-refractivity contribution in [2.45, 2.75) is 40.7 Å². The van der Waals surface area contributed by atoms with Gasteiger partial charge in [-0.2, -0.15) is 0 Å². The Hall–Kier alpha value is -0.340. The fourth-order valence-corrected chi connectivity index (χ4v) is 2.47. The summed E-state index contributed by atoms with van der Waals surface area (Å²) in [5.41, 5.74) is 4.20. The normalized spacial score (nSPS) is 13.9. The number of nitrogens with one attached hydrogen (secondary N) is 1. The van der Waals surface area contributed by atoms with E-state index in [2.05, 4.69) is 68.0 Å². The van der Waals surface area contributed by atoms with Gasteiger partial charge in [-0.15, -0.1) is 0 Å². The van der Waals surface area contributed by atoms with E-state index in [1.807, 2.05) is 7.05 Å². The first-order chi connectivity index (χ1) is 7.27. The lowest BCUT2D eigenvalue weighted by atomic mass is 9.81. The highest BCUT2D eigenvalue weighted by Crippen LogP contribution is 2.35. The summed E-state index contributed by atoms with van der Waals surface area (Å²) in [6.07, 6.45) is 0. The minimum absolute atomic E-state index is 0.224. The zero-order valence-corrected chi connectivity index (χ0v) is 12.7. The second-order valence-electron chi connectivity index (χ2n) is 5.56. The number of hydrogen-bond acceptors (Lipinski definition) is 1. The molecule has 0 radical (unpaired) electrons. The van der Waals surface area contributed by atoms with E-state index in [0.717, 1.165) is 0 Å². The van der Waals surface area contributed by atoms with Crippen molar-refractivity contribution < 1.29 is 0 Å². The lowest BCUT2D eigenvalue weighted by Crippen LogP contribution is -2.29. The van der Waals surface area contributed by atoms with Crippen molar-refractivity contribution in [3.05, 3.63) is 33.3 Å². The molecule has 1 N–H and O–H groups in total. The van der Waals surface area contributed by atoms with Gasteiger partial charge in [0.25, 0.3) is 0 Å². The smallest absolute Gasteiger partial charge is 0.0366 e. The van der Waals surface area contributed by atoms with E-state index in [0.29, 0.717) is 6.04 Å². The third-order valence-corrected chi connectivity index (χ3v) is 4.20. The van der Waals surface area contributed by atoms with Gasteiger partial charge in [-0.25, -0.2) is 0 Å². The fraction of sp³-hybridized carbons (Fsp3) is 0.571. The van der Waals surface area contributed by atoms with E-state index in [4.69, 9.17) is 0 Å². The maximum atomic E-state index is 3.61. The van der Waals surface area contributed by atoms with Gasteiger partial charge in [-0.3, -0.25) is 0 Å². The molecule has 2 heteroatoms. The number of hydrogen-bond donors (Lipinski definition) is 1. The molecule has 0 amide bonds. The van der Waals surface area contributed by atoms with Crippen molar-refractivity contribution in [3.63, 3.8) is 0 Å². The molecule has 0 saturated heterocycles. The largest absolute Gasteiger partial charge is 0.313 e. The Morgan fingerprint density at radius 2 is 1.56 bits per heavy atom. The number of halogens is 1. The van der Waals surface area contributed by atoms with Crippen LogP contribution < -0.4 is 5.32 Å². The molecule has 0 heterocycles. The molecule has 0 aliphatic heterocycles. The van der Waals surface area contributed by atoms with Gasteiger partial charge in [0.15, 0.2) is 0 Å². The van der Waals surface area contributed by atoms with E-state index in [-0.39, 0.29) is 5.41 Å². The zero-order chi connectivity index (χ0) is 12.5. The van der Waals surface area contributed by atoms with Crippen LogP contribution in [0.5, 0.6) is 0 Å². The third-order valence-electron chi connectivity index (χ3n) is 2.95. The van der Waals surface area contributed by atoms with E-state index in [1.54, 1.807) is 0 Å². The molecule has 0 aliphatic rings. The summed E-state index contributed by atoms with van der Waals surface area (Å²) in [6, 6.07) is 4.92. The molecule has 1 aromatic rings. The Morgan fingerprint density at radius 3 is 1.88 bits per heavy atom. The highest BCUT2D eigenvalue weighted by atomic mass is 79.9. The minimum Gasteiger partial charge on any atom is -0.313 e. The molecule has 1 nitrogen and oxygen atoms in total. The zero-order valence-electron chi connectivity index (χ0n) is 11.1. The first-order valence-electron chi connectivity index (χ1n) is 5.71. The summed E-state index contributed by atoms with van der Waals surface area (Å²) in [7, 11) is 2.03. The Kier molecular flexibility index (Phi) is 4.19. The Morgan fingerprint density at radius 1 is 1.12 bits per heavy atom. The summed E-state index contributed by atoms with van der Waals surface area (Å²) >= 11 is 3.61. The predicted molar refractivity (Wildman–Crippen MR) is 74.9 cm³/mol. The molecule has 0 spiro atoms. The molecule has 1 rings (SSSR count). The van der Waals surface area contributed by atoms with Gasteiger partial charge in [0.1, 0.15) is 0 Å². The molecular formula is C14H22BrN. The molecule has 0 aromatic heterocycles.